The van der Waals surface area contributed by atoms with Crippen LogP contribution in [0.1, 0.15) is 6.42 Å². The zero-order chi connectivity index (χ0) is 21.8. The van der Waals surface area contributed by atoms with Crippen molar-refractivity contribution in [1.82, 2.24) is 0 Å². The molecule has 0 unspecified atom stereocenters. The first-order chi connectivity index (χ1) is 15.1. The van der Waals surface area contributed by atoms with Gasteiger partial charge in [0.15, 0.2) is 0 Å². The van der Waals surface area contributed by atoms with Crippen LogP contribution in [0.2, 0.25) is 0 Å². The third kappa shape index (κ3) is 4.50. The molecule has 4 rings (SSSR count). The summed E-state index contributed by atoms with van der Waals surface area (Å²) >= 11 is 3.18. The largest absolute Gasteiger partial charge is 0.269 e. The van der Waals surface area contributed by atoms with Crippen LogP contribution < -0.4 is 9.80 Å². The van der Waals surface area contributed by atoms with Gasteiger partial charge in [-0.1, -0.05) is 24.3 Å². The predicted octanol–water partition coefficient (Wildman–Crippen LogP) is 3.82. The molecule has 0 aromatic heterocycles. The van der Waals surface area contributed by atoms with Gasteiger partial charge in [-0.3, -0.25) is 19.2 Å². The van der Waals surface area contributed by atoms with E-state index in [1.54, 1.807) is 47.8 Å². The second-order valence-electron chi connectivity index (χ2n) is 6.68. The number of thioether (sulfide) groups is 2. The zero-order valence-electron chi connectivity index (χ0n) is 16.4. The molecule has 0 radical (unpaired) electrons. The highest BCUT2D eigenvalue weighted by molar-refractivity contribution is 8.00. The average Bonchev–Trinajstić information content (AvgIpc) is 3.28. The van der Waals surface area contributed by atoms with Crippen LogP contribution >= 0.6 is 23.5 Å². The molecule has 0 aliphatic carbocycles. The smallest absolute Gasteiger partial charge is 0.258 e. The number of benzene rings is 2. The standard InChI is InChI=1S/C23H18N2O4S2/c26-20-10-11-21(27)24(20)16-6-1-3-8-18(16)30-14-5-15-31-19-9-4-2-7-17(19)25-22(28)12-13-23(25)29/h1-4,6-13H,5,14-15H2. The lowest BCUT2D eigenvalue weighted by Crippen LogP contribution is -2.30. The molecule has 0 bridgehead atoms. The van der Waals surface area contributed by atoms with Gasteiger partial charge in [0.25, 0.3) is 23.6 Å². The van der Waals surface area contributed by atoms with Crippen molar-refractivity contribution in [3.63, 3.8) is 0 Å². The first-order valence-electron chi connectivity index (χ1n) is 9.62. The number of carbonyl (C=O) groups is 4. The van der Waals surface area contributed by atoms with Crippen molar-refractivity contribution >= 4 is 58.5 Å². The molecule has 0 saturated carbocycles. The van der Waals surface area contributed by atoms with Gasteiger partial charge < -0.3 is 0 Å². The van der Waals surface area contributed by atoms with Crippen molar-refractivity contribution in [2.75, 3.05) is 21.3 Å². The summed E-state index contributed by atoms with van der Waals surface area (Å²) in [5.74, 6) is 0.269. The van der Waals surface area contributed by atoms with Gasteiger partial charge in [-0.25, -0.2) is 9.80 Å². The minimum absolute atomic E-state index is 0.328. The molecule has 2 aromatic rings. The van der Waals surface area contributed by atoms with E-state index in [1.165, 1.54) is 34.1 Å². The molecular formula is C23H18N2O4S2. The van der Waals surface area contributed by atoms with Crippen molar-refractivity contribution in [3.05, 3.63) is 72.8 Å². The molecular weight excluding hydrogens is 432 g/mol. The Kier molecular flexibility index (Phi) is 6.39. The Morgan fingerprint density at radius 2 is 0.903 bits per heavy atom. The van der Waals surface area contributed by atoms with Gasteiger partial charge in [-0.15, -0.1) is 23.5 Å². The average molecular weight is 451 g/mol. The van der Waals surface area contributed by atoms with E-state index in [1.807, 2.05) is 24.3 Å². The molecule has 2 aromatic carbocycles. The normalized spacial score (nSPS) is 15.6. The molecule has 2 aliphatic heterocycles. The first-order valence-corrected chi connectivity index (χ1v) is 11.6. The third-order valence-corrected chi connectivity index (χ3v) is 6.93. The molecule has 0 saturated heterocycles. The lowest BCUT2D eigenvalue weighted by Gasteiger charge is -2.18. The lowest BCUT2D eigenvalue weighted by molar-refractivity contribution is -0.121. The fourth-order valence-corrected chi connectivity index (χ4v) is 5.39. The van der Waals surface area contributed by atoms with Crippen molar-refractivity contribution in [2.24, 2.45) is 0 Å². The van der Waals surface area contributed by atoms with E-state index in [0.29, 0.717) is 11.4 Å². The van der Waals surface area contributed by atoms with Crippen LogP contribution in [0.3, 0.4) is 0 Å². The Labute approximate surface area is 188 Å². The van der Waals surface area contributed by atoms with E-state index in [0.717, 1.165) is 27.7 Å². The Bertz CT molecular complexity index is 1000. The minimum atomic E-state index is -0.328. The summed E-state index contributed by atoms with van der Waals surface area (Å²) in [5.41, 5.74) is 1.20. The van der Waals surface area contributed by atoms with Crippen LogP contribution in [0.25, 0.3) is 0 Å². The van der Waals surface area contributed by atoms with Crippen LogP contribution in [0, 0.1) is 0 Å². The number of imide groups is 2. The molecule has 4 amide bonds. The van der Waals surface area contributed by atoms with E-state index >= 15 is 0 Å². The highest BCUT2D eigenvalue weighted by Gasteiger charge is 2.28. The Morgan fingerprint density at radius 1 is 0.548 bits per heavy atom. The fourth-order valence-electron chi connectivity index (χ4n) is 3.23. The number of hydrogen-bond donors (Lipinski definition) is 0. The van der Waals surface area contributed by atoms with E-state index < -0.39 is 0 Å². The number of hydrogen-bond acceptors (Lipinski definition) is 6. The molecule has 0 fully saturated rings. The molecule has 31 heavy (non-hydrogen) atoms. The van der Waals surface area contributed by atoms with Gasteiger partial charge in [0.05, 0.1) is 11.4 Å². The Hall–Kier alpha value is -3.10. The molecule has 8 heteroatoms. The second kappa shape index (κ2) is 9.36. The fraction of sp³-hybridized carbons (Fsp3) is 0.130. The summed E-state index contributed by atoms with van der Waals surface area (Å²) < 4.78 is 0. The van der Waals surface area contributed by atoms with E-state index in [9.17, 15) is 19.2 Å². The summed E-state index contributed by atoms with van der Waals surface area (Å²) in [6, 6.07) is 14.7. The van der Waals surface area contributed by atoms with Crippen LogP contribution in [-0.4, -0.2) is 35.1 Å². The number of carbonyl (C=O) groups excluding carboxylic acids is 4. The number of nitrogens with zero attached hydrogens (tertiary/aromatic N) is 2. The van der Waals surface area contributed by atoms with Gasteiger partial charge in [-0.05, 0) is 42.2 Å². The quantitative estimate of drug-likeness (QED) is 0.346. The monoisotopic (exact) mass is 450 g/mol. The molecule has 0 spiro atoms. The molecule has 156 valence electrons. The van der Waals surface area contributed by atoms with E-state index in [4.69, 9.17) is 0 Å². The van der Waals surface area contributed by atoms with Crippen molar-refractivity contribution in [1.29, 1.82) is 0 Å². The molecule has 0 N–H and O–H groups in total. The topological polar surface area (TPSA) is 74.8 Å². The minimum Gasteiger partial charge on any atom is -0.269 e. The molecule has 2 aliphatic rings. The van der Waals surface area contributed by atoms with Gasteiger partial charge >= 0.3 is 0 Å². The maximum absolute atomic E-state index is 12.0. The molecule has 0 atom stereocenters. The number of anilines is 2. The lowest BCUT2D eigenvalue weighted by atomic mass is 10.3. The van der Waals surface area contributed by atoms with Crippen molar-refractivity contribution < 1.29 is 19.2 Å². The highest BCUT2D eigenvalue weighted by Crippen LogP contribution is 2.34. The number of amides is 4. The Morgan fingerprint density at radius 3 is 1.29 bits per heavy atom. The SMILES string of the molecule is O=C1C=CC(=O)N1c1ccccc1SCCCSc1ccccc1N1C(=O)C=CC1=O. The van der Waals surface area contributed by atoms with Gasteiger partial charge in [-0.2, -0.15) is 0 Å². The highest BCUT2D eigenvalue weighted by atomic mass is 32.2. The molecule has 2 heterocycles. The summed E-state index contributed by atoms with van der Waals surface area (Å²) in [6.45, 7) is 0. The first kappa shape index (κ1) is 21.1. The van der Waals surface area contributed by atoms with E-state index in [-0.39, 0.29) is 23.6 Å². The maximum Gasteiger partial charge on any atom is 0.258 e. The summed E-state index contributed by atoms with van der Waals surface area (Å²) in [6.07, 6.45) is 5.98. The van der Waals surface area contributed by atoms with E-state index in [2.05, 4.69) is 0 Å². The van der Waals surface area contributed by atoms with Crippen LogP contribution in [0.4, 0.5) is 11.4 Å². The number of rotatable bonds is 8. The maximum atomic E-state index is 12.0. The van der Waals surface area contributed by atoms with Crippen LogP contribution in [0.5, 0.6) is 0 Å². The molecule has 6 nitrogen and oxygen atoms in total. The zero-order valence-corrected chi connectivity index (χ0v) is 18.0. The summed E-state index contributed by atoms with van der Waals surface area (Å²) in [7, 11) is 0. The van der Waals surface area contributed by atoms with Gasteiger partial charge in [0, 0.05) is 34.1 Å². The second-order valence-corrected chi connectivity index (χ2v) is 8.95. The third-order valence-electron chi connectivity index (χ3n) is 4.63. The van der Waals surface area contributed by atoms with Crippen LogP contribution in [0.15, 0.2) is 82.6 Å². The van der Waals surface area contributed by atoms with Crippen molar-refractivity contribution in [2.45, 2.75) is 16.2 Å². The predicted molar refractivity (Wildman–Crippen MR) is 122 cm³/mol. The van der Waals surface area contributed by atoms with Crippen molar-refractivity contribution in [3.8, 4) is 0 Å². The summed E-state index contributed by atoms with van der Waals surface area (Å²) in [4.78, 5) is 52.1. The summed E-state index contributed by atoms with van der Waals surface area (Å²) in [5, 5.41) is 0. The van der Waals surface area contributed by atoms with Gasteiger partial charge in [0.1, 0.15) is 0 Å². The Balaban J connectivity index is 1.35. The van der Waals surface area contributed by atoms with Crippen LogP contribution in [-0.2, 0) is 19.2 Å². The van der Waals surface area contributed by atoms with Gasteiger partial charge in [0.2, 0.25) is 0 Å². The number of para-hydroxylation sites is 2.